The molecule has 4 heteroatoms. The summed E-state index contributed by atoms with van der Waals surface area (Å²) < 4.78 is 40.2. The molecule has 0 amide bonds. The van der Waals surface area contributed by atoms with Gasteiger partial charge in [-0.25, -0.2) is 4.39 Å². The second kappa shape index (κ2) is 9.07. The molecule has 0 saturated heterocycles. The van der Waals surface area contributed by atoms with Gasteiger partial charge >= 0.3 is 0 Å². The van der Waals surface area contributed by atoms with Crippen molar-refractivity contribution in [2.75, 3.05) is 7.18 Å². The molecule has 0 aromatic rings. The van der Waals surface area contributed by atoms with E-state index in [0.717, 1.165) is 0 Å². The Hall–Kier alpha value is -0.540. The van der Waals surface area contributed by atoms with Crippen molar-refractivity contribution >= 4 is 0 Å². The topological polar surface area (TPSA) is 0 Å². The van der Waals surface area contributed by atoms with Gasteiger partial charge in [0.25, 0.3) is 6.08 Å². The van der Waals surface area contributed by atoms with Crippen LogP contribution in [0.25, 0.3) is 0 Å². The second-order valence-corrected chi connectivity index (χ2v) is 0.399. The van der Waals surface area contributed by atoms with Gasteiger partial charge in [0.05, 0.1) is 7.18 Å². The Morgan fingerprint density at radius 3 is 1.43 bits per heavy atom. The first-order chi connectivity index (χ1) is 3.27. The van der Waals surface area contributed by atoms with Gasteiger partial charge in [0.15, 0.2) is 6.33 Å². The van der Waals surface area contributed by atoms with E-state index in [1.807, 2.05) is 0 Å². The maximum atomic E-state index is 10.2. The summed E-state index contributed by atoms with van der Waals surface area (Å²) in [6.45, 7) is 0. The lowest BCUT2D eigenvalue weighted by Gasteiger charge is -1.59. The highest BCUT2D eigenvalue weighted by Gasteiger charge is 1.78. The lowest BCUT2D eigenvalue weighted by atomic mass is 11.1. The summed E-state index contributed by atoms with van der Waals surface area (Å²) in [6, 6.07) is 0. The van der Waals surface area contributed by atoms with E-state index in [1.165, 1.54) is 0 Å². The molecule has 0 aromatic carbocycles. The van der Waals surface area contributed by atoms with Crippen molar-refractivity contribution < 1.29 is 17.6 Å². The van der Waals surface area contributed by atoms with Crippen LogP contribution in [0.5, 0.6) is 0 Å². The monoisotopic (exact) mass is 116 g/mol. The summed E-state index contributed by atoms with van der Waals surface area (Å²) in [5.74, 6) is 0. The lowest BCUT2D eigenvalue weighted by Crippen LogP contribution is -1.42. The van der Waals surface area contributed by atoms with Crippen LogP contribution in [-0.4, -0.2) is 7.18 Å². The van der Waals surface area contributed by atoms with Gasteiger partial charge in [-0.05, 0) is 0 Å². The molecule has 0 saturated carbocycles. The van der Waals surface area contributed by atoms with E-state index >= 15 is 0 Å². The standard InChI is InChI=1S/C2HF3.CH3F/c3-1-2(4)5;1-2/h1H;1H3. The molecule has 0 aliphatic carbocycles. The zero-order valence-corrected chi connectivity index (χ0v) is 3.59. The van der Waals surface area contributed by atoms with Crippen LogP contribution in [0.2, 0.25) is 0 Å². The second-order valence-electron chi connectivity index (χ2n) is 0.399. The molecule has 0 radical (unpaired) electrons. The fourth-order valence-electron chi connectivity index (χ4n) is 0. The van der Waals surface area contributed by atoms with Gasteiger partial charge < -0.3 is 0 Å². The predicted octanol–water partition coefficient (Wildman–Crippen LogP) is 2.28. The van der Waals surface area contributed by atoms with Gasteiger partial charge in [0.1, 0.15) is 0 Å². The minimum atomic E-state index is -2.29. The van der Waals surface area contributed by atoms with Crippen LogP contribution in [0.3, 0.4) is 0 Å². The predicted molar refractivity (Wildman–Crippen MR) is 18.4 cm³/mol. The quantitative estimate of drug-likeness (QED) is 0.426. The van der Waals surface area contributed by atoms with Crippen molar-refractivity contribution in [3.05, 3.63) is 12.4 Å². The molecule has 0 aromatic heterocycles. The molecule has 0 heterocycles. The van der Waals surface area contributed by atoms with E-state index in [0.29, 0.717) is 7.18 Å². The fraction of sp³-hybridized carbons (Fsp3) is 0.333. The van der Waals surface area contributed by atoms with Gasteiger partial charge in [0, 0.05) is 0 Å². The summed E-state index contributed by atoms with van der Waals surface area (Å²) in [6.07, 6.45) is -3.04. The number of alkyl halides is 1. The molecule has 44 valence electrons. The van der Waals surface area contributed by atoms with Crippen LogP contribution >= 0.6 is 0 Å². The zero-order chi connectivity index (χ0) is 6.28. The minimum absolute atomic E-state index is 0.500. The first-order valence-electron chi connectivity index (χ1n) is 1.26. The number of halogens is 4. The summed E-state index contributed by atoms with van der Waals surface area (Å²) >= 11 is 0. The van der Waals surface area contributed by atoms with Crippen molar-refractivity contribution in [1.82, 2.24) is 0 Å². The van der Waals surface area contributed by atoms with Crippen LogP contribution in [0.1, 0.15) is 0 Å². The van der Waals surface area contributed by atoms with E-state index in [2.05, 4.69) is 0 Å². The van der Waals surface area contributed by atoms with E-state index in [4.69, 9.17) is 0 Å². The fourth-order valence-corrected chi connectivity index (χ4v) is 0. The minimum Gasteiger partial charge on any atom is -0.255 e. The third-order valence-electron chi connectivity index (χ3n) is 0.0825. The Morgan fingerprint density at radius 1 is 1.29 bits per heavy atom. The van der Waals surface area contributed by atoms with Crippen LogP contribution in [0.4, 0.5) is 17.6 Å². The largest absolute Gasteiger partial charge is 0.298 e. The smallest absolute Gasteiger partial charge is 0.255 e. The summed E-state index contributed by atoms with van der Waals surface area (Å²) in [5, 5.41) is 0. The van der Waals surface area contributed by atoms with E-state index < -0.39 is 12.4 Å². The Bertz CT molecular complexity index is 44.9. The highest BCUT2D eigenvalue weighted by molar-refractivity contribution is 4.66. The molecule has 0 aliphatic rings. The first-order valence-corrected chi connectivity index (χ1v) is 1.26. The summed E-state index contributed by atoms with van der Waals surface area (Å²) in [4.78, 5) is 0. The lowest BCUT2D eigenvalue weighted by molar-refractivity contribution is 0.400. The Morgan fingerprint density at radius 2 is 1.43 bits per heavy atom. The van der Waals surface area contributed by atoms with Gasteiger partial charge in [-0.3, -0.25) is 4.39 Å². The van der Waals surface area contributed by atoms with Crippen LogP contribution in [0, 0.1) is 0 Å². The molecule has 0 rings (SSSR count). The average molecular weight is 116 g/mol. The van der Waals surface area contributed by atoms with Crippen molar-refractivity contribution in [3.8, 4) is 0 Å². The van der Waals surface area contributed by atoms with Crippen LogP contribution in [0.15, 0.2) is 12.4 Å². The van der Waals surface area contributed by atoms with E-state index in [9.17, 15) is 17.6 Å². The van der Waals surface area contributed by atoms with Crippen LogP contribution in [-0.2, 0) is 0 Å². The molecule has 0 atom stereocenters. The molecule has 7 heavy (non-hydrogen) atoms. The first kappa shape index (κ1) is 9.68. The van der Waals surface area contributed by atoms with Gasteiger partial charge in [-0.1, -0.05) is 0 Å². The molecule has 0 spiro atoms. The number of rotatable bonds is 0. The highest BCUT2D eigenvalue weighted by Crippen LogP contribution is 1.93. The molecule has 0 bridgehead atoms. The maximum absolute atomic E-state index is 10.2. The Balaban J connectivity index is 0. The molecule has 0 unspecified atom stereocenters. The molecule has 0 aliphatic heterocycles. The third-order valence-corrected chi connectivity index (χ3v) is 0.0825. The SMILES string of the molecule is CF.FC=C(F)F. The molecule has 0 nitrogen and oxygen atoms in total. The molecular formula is C3H4F4. The van der Waals surface area contributed by atoms with Crippen LogP contribution < -0.4 is 0 Å². The van der Waals surface area contributed by atoms with Gasteiger partial charge in [0.2, 0.25) is 0 Å². The van der Waals surface area contributed by atoms with Gasteiger partial charge in [-0.2, -0.15) is 8.78 Å². The van der Waals surface area contributed by atoms with Gasteiger partial charge in [-0.15, -0.1) is 0 Å². The summed E-state index contributed by atoms with van der Waals surface area (Å²) in [7, 11) is 0.500. The molecule has 0 fully saturated rings. The normalized spacial score (nSPS) is 5.86. The number of hydrogen-bond acceptors (Lipinski definition) is 0. The zero-order valence-electron chi connectivity index (χ0n) is 3.59. The van der Waals surface area contributed by atoms with E-state index in [1.54, 1.807) is 0 Å². The Kier molecular flexibility index (Phi) is 12.5. The molecule has 0 N–H and O–H groups in total. The third kappa shape index (κ3) is 30.7. The molecular weight excluding hydrogens is 112 g/mol. The average Bonchev–Trinajstić information content (AvgIpc) is 1.73. The Labute approximate surface area is 38.4 Å². The van der Waals surface area contributed by atoms with Crippen molar-refractivity contribution in [2.45, 2.75) is 0 Å². The van der Waals surface area contributed by atoms with Crippen molar-refractivity contribution in [2.24, 2.45) is 0 Å². The highest BCUT2D eigenvalue weighted by atomic mass is 19.3. The summed E-state index contributed by atoms with van der Waals surface area (Å²) in [5.41, 5.74) is 0. The van der Waals surface area contributed by atoms with Crippen molar-refractivity contribution in [3.63, 3.8) is 0 Å². The number of hydrogen-bond donors (Lipinski definition) is 0. The maximum Gasteiger partial charge on any atom is 0.298 e. The van der Waals surface area contributed by atoms with Crippen molar-refractivity contribution in [1.29, 1.82) is 0 Å². The van der Waals surface area contributed by atoms with E-state index in [-0.39, 0.29) is 0 Å².